The molecule has 0 radical (unpaired) electrons. The molecule has 5 heteroatoms. The van der Waals surface area contributed by atoms with Crippen LogP contribution in [0.1, 0.15) is 84.5 Å². The molecule has 0 amide bonds. The van der Waals surface area contributed by atoms with Crippen molar-refractivity contribution in [1.29, 1.82) is 0 Å². The molecule has 0 saturated heterocycles. The van der Waals surface area contributed by atoms with Crippen molar-refractivity contribution in [3.8, 4) is 0 Å². The highest BCUT2D eigenvalue weighted by molar-refractivity contribution is 5.90. The lowest BCUT2D eigenvalue weighted by molar-refractivity contribution is -0.151. The molecule has 0 aromatic rings. The first-order chi connectivity index (χ1) is 11.6. The molecule has 0 aromatic heterocycles. The zero-order chi connectivity index (χ0) is 17.8. The number of aliphatic hydroxyl groups is 1. The van der Waals surface area contributed by atoms with E-state index >= 15 is 0 Å². The minimum atomic E-state index is -1.09. The number of unbranched alkanes of at least 4 members (excludes halogenated alkanes) is 6. The van der Waals surface area contributed by atoms with Gasteiger partial charge in [-0.05, 0) is 38.7 Å². The molecule has 2 atom stereocenters. The van der Waals surface area contributed by atoms with Crippen molar-refractivity contribution in [3.63, 3.8) is 0 Å². The van der Waals surface area contributed by atoms with Gasteiger partial charge in [0.15, 0.2) is 0 Å². The fourth-order valence-electron chi connectivity index (χ4n) is 3.18. The monoisotopic (exact) mass is 339 g/mol. The molecule has 1 aliphatic rings. The average Bonchev–Trinajstić information content (AvgIpc) is 2.89. The summed E-state index contributed by atoms with van der Waals surface area (Å²) in [5, 5.41) is 21.7. The van der Waals surface area contributed by atoms with Gasteiger partial charge in [-0.3, -0.25) is 0 Å². The third-order valence-corrected chi connectivity index (χ3v) is 4.74. The number of oxime groups is 1. The first-order valence-corrected chi connectivity index (χ1v) is 9.36. The Morgan fingerprint density at radius 1 is 1.17 bits per heavy atom. The summed E-state index contributed by atoms with van der Waals surface area (Å²) in [6.07, 6.45) is 12.6. The topological polar surface area (TPSA) is 79.1 Å². The molecule has 24 heavy (non-hydrogen) atoms. The maximum absolute atomic E-state index is 11.5. The number of hydrogen-bond donors (Lipinski definition) is 2. The Bertz CT molecular complexity index is 431. The van der Waals surface area contributed by atoms with Crippen LogP contribution < -0.4 is 0 Å². The molecular formula is C19H33NO4. The van der Waals surface area contributed by atoms with Gasteiger partial charge in [0.1, 0.15) is 0 Å². The largest absolute Gasteiger partial charge is 0.429 e. The summed E-state index contributed by atoms with van der Waals surface area (Å²) in [5.74, 6) is -0.160. The Morgan fingerprint density at radius 2 is 1.79 bits per heavy atom. The van der Waals surface area contributed by atoms with Gasteiger partial charge < -0.3 is 15.1 Å². The van der Waals surface area contributed by atoms with Crippen LogP contribution in [0, 0.1) is 5.92 Å². The van der Waals surface area contributed by atoms with Crippen LogP contribution >= 0.6 is 0 Å². The summed E-state index contributed by atoms with van der Waals surface area (Å²) in [7, 11) is 0. The van der Waals surface area contributed by atoms with E-state index in [1.807, 2.05) is 6.92 Å². The molecular weight excluding hydrogens is 306 g/mol. The Morgan fingerprint density at radius 3 is 2.38 bits per heavy atom. The van der Waals surface area contributed by atoms with Crippen LogP contribution in [0.15, 0.2) is 16.8 Å². The first kappa shape index (κ1) is 20.7. The number of ether oxygens (including phenoxy) is 1. The Balaban J connectivity index is 2.25. The molecule has 1 heterocycles. The third-order valence-electron chi connectivity index (χ3n) is 4.74. The van der Waals surface area contributed by atoms with Crippen LogP contribution in [0.5, 0.6) is 0 Å². The lowest BCUT2D eigenvalue weighted by atomic mass is 9.90. The lowest BCUT2D eigenvalue weighted by Crippen LogP contribution is -2.12. The Kier molecular flexibility index (Phi) is 10.4. The van der Waals surface area contributed by atoms with Crippen molar-refractivity contribution in [2.45, 2.75) is 90.8 Å². The van der Waals surface area contributed by atoms with E-state index in [4.69, 9.17) is 5.21 Å². The molecule has 0 fully saturated rings. The van der Waals surface area contributed by atoms with E-state index < -0.39 is 12.3 Å². The third kappa shape index (κ3) is 7.95. The highest BCUT2D eigenvalue weighted by Crippen LogP contribution is 2.23. The number of aliphatic hydroxyl groups excluding tert-OH is 1. The minimum absolute atomic E-state index is 0.258. The van der Waals surface area contributed by atoms with Gasteiger partial charge in [-0.1, -0.05) is 57.0 Å². The van der Waals surface area contributed by atoms with Crippen molar-refractivity contribution in [2.75, 3.05) is 0 Å². The Hall–Kier alpha value is -1.36. The van der Waals surface area contributed by atoms with E-state index in [0.717, 1.165) is 31.4 Å². The second kappa shape index (κ2) is 12.1. The van der Waals surface area contributed by atoms with E-state index in [0.29, 0.717) is 12.0 Å². The SMILES string of the molecule is CCCCCCCCCC(CCCC1=CC(O)OC1=O)C(C)=NO. The number of carbonyl (C=O) groups is 1. The first-order valence-electron chi connectivity index (χ1n) is 9.36. The fourth-order valence-corrected chi connectivity index (χ4v) is 3.18. The summed E-state index contributed by atoms with van der Waals surface area (Å²) < 4.78 is 4.68. The normalized spacial score (nSPS) is 19.3. The standard InChI is InChI=1S/C19H33NO4/c1-3-4-5-6-7-8-9-11-16(15(2)20-23)12-10-13-17-14-18(21)24-19(17)22/h14,16,18,21,23H,3-13H2,1-2H3. The highest BCUT2D eigenvalue weighted by atomic mass is 16.6. The predicted octanol–water partition coefficient (Wildman–Crippen LogP) is 4.57. The smallest absolute Gasteiger partial charge is 0.336 e. The van der Waals surface area contributed by atoms with E-state index in [9.17, 15) is 9.90 Å². The molecule has 1 aliphatic heterocycles. The maximum Gasteiger partial charge on any atom is 0.336 e. The van der Waals surface area contributed by atoms with Crippen LogP contribution in [0.25, 0.3) is 0 Å². The van der Waals surface area contributed by atoms with Crippen LogP contribution in [0.4, 0.5) is 0 Å². The molecule has 138 valence electrons. The van der Waals surface area contributed by atoms with Crippen molar-refractivity contribution in [1.82, 2.24) is 0 Å². The van der Waals surface area contributed by atoms with Gasteiger partial charge in [0.05, 0.1) is 5.71 Å². The van der Waals surface area contributed by atoms with Crippen molar-refractivity contribution in [3.05, 3.63) is 11.6 Å². The summed E-state index contributed by atoms with van der Waals surface area (Å²) >= 11 is 0. The molecule has 0 spiro atoms. The lowest BCUT2D eigenvalue weighted by Gasteiger charge is -2.15. The minimum Gasteiger partial charge on any atom is -0.429 e. The second-order valence-corrected chi connectivity index (χ2v) is 6.73. The molecule has 1 rings (SSSR count). The summed E-state index contributed by atoms with van der Waals surface area (Å²) in [4.78, 5) is 11.5. The molecule has 0 aliphatic carbocycles. The molecule has 0 saturated carbocycles. The number of esters is 1. The average molecular weight is 339 g/mol. The molecule has 2 N–H and O–H groups in total. The van der Waals surface area contributed by atoms with Crippen molar-refractivity contribution >= 4 is 11.7 Å². The zero-order valence-electron chi connectivity index (χ0n) is 15.2. The van der Waals surface area contributed by atoms with Crippen LogP contribution in [-0.4, -0.2) is 28.3 Å². The van der Waals surface area contributed by atoms with Crippen LogP contribution in [0.3, 0.4) is 0 Å². The quantitative estimate of drug-likeness (QED) is 0.169. The summed E-state index contributed by atoms with van der Waals surface area (Å²) in [5.41, 5.74) is 1.32. The molecule has 0 aromatic carbocycles. The molecule has 0 bridgehead atoms. The summed E-state index contributed by atoms with van der Waals surface area (Å²) in [6, 6.07) is 0. The van der Waals surface area contributed by atoms with Crippen molar-refractivity contribution < 1.29 is 19.8 Å². The molecule has 2 unspecified atom stereocenters. The number of hydrogen-bond acceptors (Lipinski definition) is 5. The van der Waals surface area contributed by atoms with Gasteiger partial charge in [0.2, 0.25) is 6.29 Å². The van der Waals surface area contributed by atoms with E-state index in [1.54, 1.807) is 0 Å². The van der Waals surface area contributed by atoms with Crippen LogP contribution in [0.2, 0.25) is 0 Å². The van der Waals surface area contributed by atoms with Gasteiger partial charge in [-0.25, -0.2) is 4.79 Å². The number of nitrogens with zero attached hydrogens (tertiary/aromatic N) is 1. The predicted molar refractivity (Wildman–Crippen MR) is 95.0 cm³/mol. The fraction of sp³-hybridized carbons (Fsp3) is 0.789. The van der Waals surface area contributed by atoms with E-state index in [1.165, 1.54) is 44.6 Å². The second-order valence-electron chi connectivity index (χ2n) is 6.73. The number of rotatable bonds is 13. The van der Waals surface area contributed by atoms with Gasteiger partial charge in [0, 0.05) is 11.5 Å². The van der Waals surface area contributed by atoms with E-state index in [-0.39, 0.29) is 5.92 Å². The number of carbonyl (C=O) groups excluding carboxylic acids is 1. The molecule has 5 nitrogen and oxygen atoms in total. The van der Waals surface area contributed by atoms with Gasteiger partial charge in [-0.2, -0.15) is 0 Å². The van der Waals surface area contributed by atoms with E-state index in [2.05, 4.69) is 16.8 Å². The highest BCUT2D eigenvalue weighted by Gasteiger charge is 2.23. The summed E-state index contributed by atoms with van der Waals surface area (Å²) in [6.45, 7) is 4.09. The van der Waals surface area contributed by atoms with Gasteiger partial charge in [0.25, 0.3) is 0 Å². The van der Waals surface area contributed by atoms with Crippen LogP contribution in [-0.2, 0) is 9.53 Å². The zero-order valence-corrected chi connectivity index (χ0v) is 15.2. The van der Waals surface area contributed by atoms with Gasteiger partial charge in [-0.15, -0.1) is 0 Å². The van der Waals surface area contributed by atoms with Crippen molar-refractivity contribution in [2.24, 2.45) is 11.1 Å². The Labute approximate surface area is 145 Å². The van der Waals surface area contributed by atoms with Gasteiger partial charge >= 0.3 is 5.97 Å². The maximum atomic E-state index is 11.5. The number of cyclic esters (lactones) is 1.